The van der Waals surface area contributed by atoms with Gasteiger partial charge in [-0.05, 0) is 24.5 Å². The molecule has 0 amide bonds. The number of rotatable bonds is 5. The van der Waals surface area contributed by atoms with Crippen LogP contribution in [0.3, 0.4) is 0 Å². The fourth-order valence-electron chi connectivity index (χ4n) is 1.99. The molecule has 2 atom stereocenters. The molecular weight excluding hydrogens is 215 g/mol. The van der Waals surface area contributed by atoms with Gasteiger partial charge in [-0.3, -0.25) is 0 Å². The molecule has 1 aromatic rings. The van der Waals surface area contributed by atoms with Gasteiger partial charge >= 0.3 is 0 Å². The number of hydrogen-bond acceptors (Lipinski definition) is 2. The van der Waals surface area contributed by atoms with E-state index >= 15 is 0 Å². The maximum Gasteiger partial charge on any atom is 0.146 e. The lowest BCUT2D eigenvalue weighted by molar-refractivity contribution is 0.547. The van der Waals surface area contributed by atoms with Crippen molar-refractivity contribution in [1.82, 2.24) is 0 Å². The predicted octanol–water partition coefficient (Wildman–Crippen LogP) is 3.33. The molecule has 0 heterocycles. The van der Waals surface area contributed by atoms with E-state index in [9.17, 15) is 4.39 Å². The molecule has 0 spiro atoms. The van der Waals surface area contributed by atoms with Crippen LogP contribution in [-0.2, 0) is 0 Å². The van der Waals surface area contributed by atoms with Crippen LogP contribution in [0.25, 0.3) is 0 Å². The van der Waals surface area contributed by atoms with Crippen LogP contribution < -0.4 is 10.6 Å². The standard InChI is InChI=1S/C14H23FN2/c1-5-10(2)9-17(4)14-12(11(3)16)7-6-8-13(14)15/h6-8,10-11H,5,9,16H2,1-4H3/t10?,11-/m1/s1. The van der Waals surface area contributed by atoms with Crippen molar-refractivity contribution in [2.75, 3.05) is 18.5 Å². The van der Waals surface area contributed by atoms with Crippen molar-refractivity contribution in [1.29, 1.82) is 0 Å². The molecular formula is C14H23FN2. The summed E-state index contributed by atoms with van der Waals surface area (Å²) in [4.78, 5) is 1.97. The van der Waals surface area contributed by atoms with Crippen molar-refractivity contribution in [3.63, 3.8) is 0 Å². The molecule has 1 unspecified atom stereocenters. The predicted molar refractivity (Wildman–Crippen MR) is 71.7 cm³/mol. The monoisotopic (exact) mass is 238 g/mol. The van der Waals surface area contributed by atoms with Crippen LogP contribution in [0.4, 0.5) is 10.1 Å². The van der Waals surface area contributed by atoms with Gasteiger partial charge in [0.15, 0.2) is 0 Å². The van der Waals surface area contributed by atoms with Gasteiger partial charge in [0.2, 0.25) is 0 Å². The van der Waals surface area contributed by atoms with Gasteiger partial charge in [0.1, 0.15) is 5.82 Å². The maximum absolute atomic E-state index is 13.9. The van der Waals surface area contributed by atoms with E-state index in [1.807, 2.05) is 24.9 Å². The molecule has 0 aliphatic heterocycles. The number of benzene rings is 1. The van der Waals surface area contributed by atoms with Gasteiger partial charge in [0.05, 0.1) is 5.69 Å². The molecule has 1 rings (SSSR count). The molecule has 0 saturated carbocycles. The highest BCUT2D eigenvalue weighted by Gasteiger charge is 2.16. The molecule has 17 heavy (non-hydrogen) atoms. The lowest BCUT2D eigenvalue weighted by atomic mass is 10.0. The zero-order valence-corrected chi connectivity index (χ0v) is 11.2. The van der Waals surface area contributed by atoms with E-state index in [4.69, 9.17) is 5.73 Å². The Morgan fingerprint density at radius 3 is 2.53 bits per heavy atom. The van der Waals surface area contributed by atoms with Crippen molar-refractivity contribution < 1.29 is 4.39 Å². The Hall–Kier alpha value is -1.09. The molecule has 3 heteroatoms. The average molecular weight is 238 g/mol. The molecule has 0 bridgehead atoms. The zero-order valence-electron chi connectivity index (χ0n) is 11.2. The third-order valence-electron chi connectivity index (χ3n) is 3.17. The molecule has 2 N–H and O–H groups in total. The summed E-state index contributed by atoms with van der Waals surface area (Å²) in [6, 6.07) is 4.96. The Morgan fingerprint density at radius 1 is 1.35 bits per heavy atom. The van der Waals surface area contributed by atoms with Crippen LogP contribution >= 0.6 is 0 Å². The fourth-order valence-corrected chi connectivity index (χ4v) is 1.99. The largest absolute Gasteiger partial charge is 0.372 e. The minimum absolute atomic E-state index is 0.153. The van der Waals surface area contributed by atoms with E-state index in [1.165, 1.54) is 6.07 Å². The minimum Gasteiger partial charge on any atom is -0.372 e. The summed E-state index contributed by atoms with van der Waals surface area (Å²) < 4.78 is 13.9. The van der Waals surface area contributed by atoms with Crippen LogP contribution in [0.1, 0.15) is 38.8 Å². The summed E-state index contributed by atoms with van der Waals surface area (Å²) >= 11 is 0. The maximum atomic E-state index is 13.9. The summed E-state index contributed by atoms with van der Waals surface area (Å²) in [6.07, 6.45) is 1.09. The number of anilines is 1. The number of hydrogen-bond donors (Lipinski definition) is 1. The highest BCUT2D eigenvalue weighted by Crippen LogP contribution is 2.28. The molecule has 0 aromatic heterocycles. The second-order valence-corrected chi connectivity index (χ2v) is 4.86. The van der Waals surface area contributed by atoms with Gasteiger partial charge in [-0.15, -0.1) is 0 Å². The first-order valence-electron chi connectivity index (χ1n) is 6.22. The number of nitrogens with zero attached hydrogens (tertiary/aromatic N) is 1. The van der Waals surface area contributed by atoms with Gasteiger partial charge in [0.25, 0.3) is 0 Å². The molecule has 0 fully saturated rings. The van der Waals surface area contributed by atoms with Gasteiger partial charge < -0.3 is 10.6 Å². The van der Waals surface area contributed by atoms with Crippen LogP contribution in [0.2, 0.25) is 0 Å². The summed E-state index contributed by atoms with van der Waals surface area (Å²) in [5.41, 5.74) is 7.40. The van der Waals surface area contributed by atoms with E-state index in [-0.39, 0.29) is 11.9 Å². The molecule has 0 aliphatic carbocycles. The summed E-state index contributed by atoms with van der Waals surface area (Å²) in [7, 11) is 1.93. The quantitative estimate of drug-likeness (QED) is 0.852. The highest BCUT2D eigenvalue weighted by atomic mass is 19.1. The lowest BCUT2D eigenvalue weighted by Gasteiger charge is -2.26. The van der Waals surface area contributed by atoms with Crippen molar-refractivity contribution in [3.8, 4) is 0 Å². The summed E-state index contributed by atoms with van der Waals surface area (Å²) in [5.74, 6) is 0.353. The van der Waals surface area contributed by atoms with Gasteiger partial charge in [-0.25, -0.2) is 4.39 Å². The highest BCUT2D eigenvalue weighted by molar-refractivity contribution is 5.55. The van der Waals surface area contributed by atoms with E-state index in [0.717, 1.165) is 18.5 Å². The number of halogens is 1. The van der Waals surface area contributed by atoms with E-state index in [1.54, 1.807) is 6.07 Å². The van der Waals surface area contributed by atoms with Crippen LogP contribution in [-0.4, -0.2) is 13.6 Å². The SMILES string of the molecule is CCC(C)CN(C)c1c(F)cccc1[C@@H](C)N. The van der Waals surface area contributed by atoms with Gasteiger partial charge in [0, 0.05) is 19.6 Å². The molecule has 0 aliphatic rings. The van der Waals surface area contributed by atoms with Crippen LogP contribution in [0.5, 0.6) is 0 Å². The molecule has 1 aromatic carbocycles. The van der Waals surface area contributed by atoms with Crippen molar-refractivity contribution >= 4 is 5.69 Å². The van der Waals surface area contributed by atoms with E-state index in [2.05, 4.69) is 13.8 Å². The second kappa shape index (κ2) is 6.01. The Balaban J connectivity index is 3.02. The number of nitrogens with two attached hydrogens (primary N) is 1. The Morgan fingerprint density at radius 2 is 2.00 bits per heavy atom. The fraction of sp³-hybridized carbons (Fsp3) is 0.571. The molecule has 96 valence electrons. The first-order valence-corrected chi connectivity index (χ1v) is 6.22. The number of para-hydroxylation sites is 1. The Bertz CT molecular complexity index is 363. The first-order chi connectivity index (χ1) is 7.97. The first kappa shape index (κ1) is 14.0. The average Bonchev–Trinajstić information content (AvgIpc) is 2.28. The third kappa shape index (κ3) is 3.43. The van der Waals surface area contributed by atoms with Crippen molar-refractivity contribution in [2.24, 2.45) is 11.7 Å². The van der Waals surface area contributed by atoms with Crippen molar-refractivity contribution in [2.45, 2.75) is 33.2 Å². The second-order valence-electron chi connectivity index (χ2n) is 4.86. The minimum atomic E-state index is -0.189. The smallest absolute Gasteiger partial charge is 0.146 e. The molecule has 2 nitrogen and oxygen atoms in total. The van der Waals surface area contributed by atoms with Gasteiger partial charge in [-0.1, -0.05) is 32.4 Å². The molecule has 0 saturated heterocycles. The lowest BCUT2D eigenvalue weighted by Crippen LogP contribution is -2.26. The van der Waals surface area contributed by atoms with Crippen LogP contribution in [0, 0.1) is 11.7 Å². The Labute approximate surface area is 104 Å². The topological polar surface area (TPSA) is 29.3 Å². The van der Waals surface area contributed by atoms with Crippen LogP contribution in [0.15, 0.2) is 18.2 Å². The van der Waals surface area contributed by atoms with Crippen molar-refractivity contribution in [3.05, 3.63) is 29.6 Å². The van der Waals surface area contributed by atoms with E-state index in [0.29, 0.717) is 11.6 Å². The van der Waals surface area contributed by atoms with E-state index < -0.39 is 0 Å². The Kier molecular flexibility index (Phi) is 4.94. The third-order valence-corrected chi connectivity index (χ3v) is 3.17. The summed E-state index contributed by atoms with van der Waals surface area (Å²) in [6.45, 7) is 7.04. The normalized spacial score (nSPS) is 14.5. The molecule has 0 radical (unpaired) electrons. The zero-order chi connectivity index (χ0) is 13.0. The summed E-state index contributed by atoms with van der Waals surface area (Å²) in [5, 5.41) is 0. The van der Waals surface area contributed by atoms with Gasteiger partial charge in [-0.2, -0.15) is 0 Å².